The van der Waals surface area contributed by atoms with Crippen molar-refractivity contribution >= 4 is 27.4 Å². The second kappa shape index (κ2) is 7.17. The number of ether oxygens (including phenoxy) is 2. The number of rotatable bonds is 5. The number of aromatic nitrogens is 2. The van der Waals surface area contributed by atoms with Crippen LogP contribution in [0.25, 0.3) is 16.9 Å². The number of nitrogens with zero attached hydrogens (tertiary/aromatic N) is 2. The van der Waals surface area contributed by atoms with Crippen molar-refractivity contribution in [3.05, 3.63) is 41.0 Å². The van der Waals surface area contributed by atoms with Crippen molar-refractivity contribution in [3.8, 4) is 22.8 Å². The van der Waals surface area contributed by atoms with Gasteiger partial charge in [-0.25, -0.2) is 4.98 Å². The quantitative estimate of drug-likeness (QED) is 0.654. The van der Waals surface area contributed by atoms with E-state index in [4.69, 9.17) is 14.5 Å². The highest BCUT2D eigenvalue weighted by Crippen LogP contribution is 2.35. The molecule has 1 atom stereocenters. The molecule has 1 fully saturated rings. The van der Waals surface area contributed by atoms with Crippen LogP contribution in [0.5, 0.6) is 11.5 Å². The molecule has 3 heterocycles. The summed E-state index contributed by atoms with van der Waals surface area (Å²) in [5.41, 5.74) is 2.42. The molecule has 0 saturated carbocycles. The van der Waals surface area contributed by atoms with Gasteiger partial charge < -0.3 is 19.9 Å². The van der Waals surface area contributed by atoms with Gasteiger partial charge in [-0.15, -0.1) is 0 Å². The summed E-state index contributed by atoms with van der Waals surface area (Å²) in [6, 6.07) is 9.23. The molecule has 3 aromatic rings. The number of phenolic OH excluding ortho intramolecular Hbond substituents is 1. The maximum atomic E-state index is 10.2. The van der Waals surface area contributed by atoms with Crippen LogP contribution in [0.1, 0.15) is 12.8 Å². The van der Waals surface area contributed by atoms with Crippen LogP contribution in [0.15, 0.2) is 41.0 Å². The van der Waals surface area contributed by atoms with Crippen LogP contribution in [-0.4, -0.2) is 40.9 Å². The molecule has 0 bridgehead atoms. The molecule has 0 amide bonds. The average Bonchev–Trinajstić information content (AvgIpc) is 3.27. The Hall–Kier alpha value is -2.25. The Morgan fingerprint density at radius 2 is 2.27 bits per heavy atom. The lowest BCUT2D eigenvalue weighted by atomic mass is 10.1. The van der Waals surface area contributed by atoms with Gasteiger partial charge in [0, 0.05) is 29.4 Å². The van der Waals surface area contributed by atoms with Gasteiger partial charge in [-0.1, -0.05) is 0 Å². The number of halogens is 1. The molecular weight excluding hydrogens is 398 g/mol. The first-order chi connectivity index (χ1) is 12.7. The van der Waals surface area contributed by atoms with Crippen LogP contribution < -0.4 is 10.1 Å². The third-order valence-corrected chi connectivity index (χ3v) is 5.02. The van der Waals surface area contributed by atoms with Crippen LogP contribution in [0, 0.1) is 0 Å². The Bertz CT molecular complexity index is 935. The first kappa shape index (κ1) is 17.2. The number of methoxy groups -OCH3 is 1. The van der Waals surface area contributed by atoms with Crippen LogP contribution in [-0.2, 0) is 4.74 Å². The van der Waals surface area contributed by atoms with Crippen LogP contribution in [0.2, 0.25) is 0 Å². The zero-order valence-electron chi connectivity index (χ0n) is 14.4. The standard InChI is InChI=1S/C19H20BrN3O3/c1-25-16-6-4-12(9-15(16)24)18-19(21-10-14-3-2-8-26-14)23-11-13(20)5-7-17(23)22-18/h4-7,9,11,14,21,24H,2-3,8,10H2,1H3/t14-/m1/s1. The fourth-order valence-corrected chi connectivity index (χ4v) is 3.58. The van der Waals surface area contributed by atoms with Gasteiger partial charge in [0.2, 0.25) is 0 Å². The molecule has 4 rings (SSSR count). The average molecular weight is 418 g/mol. The third-order valence-electron chi connectivity index (χ3n) is 4.56. The van der Waals surface area contributed by atoms with Gasteiger partial charge in [0.25, 0.3) is 0 Å². The summed E-state index contributed by atoms with van der Waals surface area (Å²) in [5, 5.41) is 13.7. The number of phenols is 1. The summed E-state index contributed by atoms with van der Waals surface area (Å²) in [6.45, 7) is 1.54. The van der Waals surface area contributed by atoms with E-state index < -0.39 is 0 Å². The largest absolute Gasteiger partial charge is 0.504 e. The van der Waals surface area contributed by atoms with Crippen LogP contribution in [0.4, 0.5) is 5.82 Å². The van der Waals surface area contributed by atoms with Gasteiger partial charge in [0.15, 0.2) is 11.5 Å². The van der Waals surface area contributed by atoms with Gasteiger partial charge in [0.1, 0.15) is 17.2 Å². The topological polar surface area (TPSA) is 68.0 Å². The lowest BCUT2D eigenvalue weighted by molar-refractivity contribution is 0.120. The summed E-state index contributed by atoms with van der Waals surface area (Å²) < 4.78 is 13.8. The van der Waals surface area contributed by atoms with E-state index >= 15 is 0 Å². The number of hydrogen-bond acceptors (Lipinski definition) is 5. The number of hydrogen-bond donors (Lipinski definition) is 2. The second-order valence-electron chi connectivity index (χ2n) is 6.29. The fourth-order valence-electron chi connectivity index (χ4n) is 3.24. The molecule has 0 aliphatic carbocycles. The number of pyridine rings is 1. The molecule has 26 heavy (non-hydrogen) atoms. The van der Waals surface area contributed by atoms with Crippen molar-refractivity contribution in [1.82, 2.24) is 9.38 Å². The minimum Gasteiger partial charge on any atom is -0.504 e. The van der Waals surface area contributed by atoms with Gasteiger partial charge >= 0.3 is 0 Å². The smallest absolute Gasteiger partial charge is 0.160 e. The Morgan fingerprint density at radius 3 is 3.00 bits per heavy atom. The number of nitrogens with one attached hydrogen (secondary N) is 1. The number of benzene rings is 1. The highest BCUT2D eigenvalue weighted by atomic mass is 79.9. The Kier molecular flexibility index (Phi) is 4.74. The first-order valence-electron chi connectivity index (χ1n) is 8.56. The normalized spacial score (nSPS) is 16.9. The molecule has 7 heteroatoms. The summed E-state index contributed by atoms with van der Waals surface area (Å²) in [4.78, 5) is 4.75. The predicted octanol–water partition coefficient (Wildman–Crippen LogP) is 4.07. The minimum atomic E-state index is 0.0910. The second-order valence-corrected chi connectivity index (χ2v) is 7.20. The molecule has 0 radical (unpaired) electrons. The van der Waals surface area contributed by atoms with Gasteiger partial charge in [-0.05, 0) is 59.1 Å². The van der Waals surface area contributed by atoms with Crippen LogP contribution >= 0.6 is 15.9 Å². The van der Waals surface area contributed by atoms with Gasteiger partial charge in [-0.2, -0.15) is 0 Å². The summed E-state index contributed by atoms with van der Waals surface area (Å²) in [5.74, 6) is 1.41. The van der Waals surface area contributed by atoms with Crippen molar-refractivity contribution in [2.24, 2.45) is 0 Å². The molecule has 0 spiro atoms. The number of anilines is 1. The molecule has 2 aromatic heterocycles. The maximum absolute atomic E-state index is 10.2. The van der Waals surface area contributed by atoms with Crippen molar-refractivity contribution in [1.29, 1.82) is 0 Å². The van der Waals surface area contributed by atoms with Crippen molar-refractivity contribution < 1.29 is 14.6 Å². The van der Waals surface area contributed by atoms with Crippen molar-refractivity contribution in [3.63, 3.8) is 0 Å². The zero-order chi connectivity index (χ0) is 18.1. The zero-order valence-corrected chi connectivity index (χ0v) is 16.0. The minimum absolute atomic E-state index is 0.0910. The van der Waals surface area contributed by atoms with E-state index in [-0.39, 0.29) is 11.9 Å². The van der Waals surface area contributed by atoms with E-state index in [1.165, 1.54) is 7.11 Å². The van der Waals surface area contributed by atoms with Crippen molar-refractivity contribution in [2.75, 3.05) is 25.6 Å². The summed E-state index contributed by atoms with van der Waals surface area (Å²) >= 11 is 3.52. The molecular formula is C19H20BrN3O3. The van der Waals surface area contributed by atoms with E-state index in [9.17, 15) is 5.11 Å². The molecule has 6 nitrogen and oxygen atoms in total. The molecule has 2 N–H and O–H groups in total. The van der Waals surface area contributed by atoms with E-state index in [2.05, 4.69) is 21.2 Å². The Balaban J connectivity index is 1.77. The van der Waals surface area contributed by atoms with Gasteiger partial charge in [-0.3, -0.25) is 4.40 Å². The van der Waals surface area contributed by atoms with Crippen molar-refractivity contribution in [2.45, 2.75) is 18.9 Å². The Labute approximate surface area is 159 Å². The highest BCUT2D eigenvalue weighted by molar-refractivity contribution is 9.10. The molecule has 0 unspecified atom stereocenters. The first-order valence-corrected chi connectivity index (χ1v) is 9.35. The number of fused-ring (bicyclic) bond motifs is 1. The predicted molar refractivity (Wildman–Crippen MR) is 104 cm³/mol. The Morgan fingerprint density at radius 1 is 1.38 bits per heavy atom. The number of aromatic hydroxyl groups is 1. The van der Waals surface area contributed by atoms with E-state index in [0.29, 0.717) is 5.75 Å². The monoisotopic (exact) mass is 417 g/mol. The summed E-state index contributed by atoms with van der Waals surface area (Å²) in [6.07, 6.45) is 4.36. The third kappa shape index (κ3) is 3.24. The fraction of sp³-hybridized carbons (Fsp3) is 0.316. The molecule has 136 valence electrons. The van der Waals surface area contributed by atoms with E-state index in [1.54, 1.807) is 12.1 Å². The SMILES string of the molecule is COc1ccc(-c2nc3ccc(Br)cn3c2NC[C@H]2CCCO2)cc1O. The van der Waals surface area contributed by atoms with E-state index in [1.807, 2.05) is 28.8 Å². The molecule has 1 aliphatic rings. The lowest BCUT2D eigenvalue weighted by Crippen LogP contribution is -2.19. The van der Waals surface area contributed by atoms with Gasteiger partial charge in [0.05, 0.1) is 13.2 Å². The maximum Gasteiger partial charge on any atom is 0.160 e. The molecule has 1 aliphatic heterocycles. The lowest BCUT2D eigenvalue weighted by Gasteiger charge is -2.13. The highest BCUT2D eigenvalue weighted by Gasteiger charge is 2.19. The molecule has 1 aromatic carbocycles. The summed E-state index contributed by atoms with van der Waals surface area (Å²) in [7, 11) is 1.53. The van der Waals surface area contributed by atoms with Crippen LogP contribution in [0.3, 0.4) is 0 Å². The number of imidazole rings is 1. The molecule has 1 saturated heterocycles. The van der Waals surface area contributed by atoms with E-state index in [0.717, 1.165) is 53.2 Å².